The lowest BCUT2D eigenvalue weighted by molar-refractivity contribution is -0.161. The van der Waals surface area contributed by atoms with Gasteiger partial charge in [0.1, 0.15) is 6.61 Å². The van der Waals surface area contributed by atoms with Crippen LogP contribution in [0.5, 0.6) is 0 Å². The summed E-state index contributed by atoms with van der Waals surface area (Å²) in [6.07, 6.45) is 40.2. The smallest absolute Gasteiger partial charge is 0.462 e. The number of rotatable bonds is 38. The Morgan fingerprint density at radius 3 is 1.55 bits per heavy atom. The van der Waals surface area contributed by atoms with Gasteiger partial charge in [0, 0.05) is 19.4 Å². The third-order valence-corrected chi connectivity index (χ3v) is 9.48. The molecule has 0 saturated heterocycles. The maximum absolute atomic E-state index is 12.5. The summed E-state index contributed by atoms with van der Waals surface area (Å²) in [5.41, 5.74) is 5.34. The molecule has 10 heteroatoms. The van der Waals surface area contributed by atoms with E-state index in [0.29, 0.717) is 6.42 Å². The van der Waals surface area contributed by atoms with Gasteiger partial charge in [0.2, 0.25) is 0 Å². The van der Waals surface area contributed by atoms with Crippen LogP contribution in [0.3, 0.4) is 0 Å². The molecule has 1 unspecified atom stereocenters. The van der Waals surface area contributed by atoms with Crippen molar-refractivity contribution in [3.8, 4) is 0 Å². The zero-order valence-electron chi connectivity index (χ0n) is 32.6. The number of carbonyl (C=O) groups excluding carboxylic acids is 2. The zero-order valence-corrected chi connectivity index (χ0v) is 33.5. The van der Waals surface area contributed by atoms with Crippen molar-refractivity contribution in [1.82, 2.24) is 0 Å². The Hall–Kier alpha value is -1.77. The molecule has 0 aliphatic carbocycles. The number of allylic oxidation sites excluding steroid dienone is 6. The molecule has 0 aromatic rings. The van der Waals surface area contributed by atoms with Crippen molar-refractivity contribution in [2.24, 2.45) is 5.73 Å². The minimum atomic E-state index is -4.38. The van der Waals surface area contributed by atoms with Crippen LogP contribution in [0, 0.1) is 0 Å². The minimum Gasteiger partial charge on any atom is -0.462 e. The highest BCUT2D eigenvalue weighted by atomic mass is 31.2. The van der Waals surface area contributed by atoms with E-state index in [1.807, 2.05) is 0 Å². The lowest BCUT2D eigenvalue weighted by Crippen LogP contribution is -2.29. The second kappa shape index (κ2) is 38.0. The molecule has 0 rings (SSSR count). The Morgan fingerprint density at radius 1 is 0.588 bits per heavy atom. The minimum absolute atomic E-state index is 0.0495. The normalized spacial score (nSPS) is 13.7. The third kappa shape index (κ3) is 37.8. The number of hydrogen-bond acceptors (Lipinski definition) is 8. The van der Waals surface area contributed by atoms with Gasteiger partial charge in [0.05, 0.1) is 13.2 Å². The molecule has 0 heterocycles. The van der Waals surface area contributed by atoms with Crippen molar-refractivity contribution in [3.05, 3.63) is 36.5 Å². The van der Waals surface area contributed by atoms with Crippen molar-refractivity contribution in [1.29, 1.82) is 0 Å². The molecule has 0 radical (unpaired) electrons. The molecular weight excluding hydrogens is 665 g/mol. The standard InChI is InChI=1S/C41H76NO8P/c1-3-5-7-9-11-13-15-17-19-21-23-25-27-29-31-33-40(43)47-37-39(38-49-51(45,46)48-36-35-42)50-41(44)34-32-30-28-26-24-22-20-18-16-14-12-10-8-6-4-2/h12,14,17-20,39H,3-11,13,15-16,21-38,42H2,1-2H3,(H,45,46)/b14-12-,19-17-,20-18-/t39-/m0/s1. The fraction of sp³-hybridized carbons (Fsp3) is 0.805. The van der Waals surface area contributed by atoms with E-state index in [1.54, 1.807) is 0 Å². The molecule has 3 N–H and O–H groups in total. The highest BCUT2D eigenvalue weighted by Crippen LogP contribution is 2.43. The van der Waals surface area contributed by atoms with Gasteiger partial charge in [-0.1, -0.05) is 134 Å². The van der Waals surface area contributed by atoms with Crippen molar-refractivity contribution >= 4 is 19.8 Å². The van der Waals surface area contributed by atoms with Crippen molar-refractivity contribution < 1.29 is 37.6 Å². The first-order chi connectivity index (χ1) is 24.8. The first-order valence-electron chi connectivity index (χ1n) is 20.5. The lowest BCUT2D eigenvalue weighted by Gasteiger charge is -2.19. The Morgan fingerprint density at radius 2 is 1.02 bits per heavy atom. The maximum Gasteiger partial charge on any atom is 0.472 e. The van der Waals surface area contributed by atoms with E-state index in [0.717, 1.165) is 77.0 Å². The quantitative estimate of drug-likeness (QED) is 0.0274. The van der Waals surface area contributed by atoms with Crippen molar-refractivity contribution in [2.45, 2.75) is 187 Å². The van der Waals surface area contributed by atoms with Crippen LogP contribution in [-0.4, -0.2) is 49.3 Å². The predicted octanol–water partition coefficient (Wildman–Crippen LogP) is 11.4. The van der Waals surface area contributed by atoms with Gasteiger partial charge < -0.3 is 20.1 Å². The van der Waals surface area contributed by atoms with Crippen LogP contribution in [0.4, 0.5) is 0 Å². The van der Waals surface area contributed by atoms with Crippen molar-refractivity contribution in [3.63, 3.8) is 0 Å². The van der Waals surface area contributed by atoms with Crippen LogP contribution in [0.15, 0.2) is 36.5 Å². The highest BCUT2D eigenvalue weighted by Gasteiger charge is 2.25. The molecule has 0 amide bonds. The van der Waals surface area contributed by atoms with Crippen LogP contribution in [0.1, 0.15) is 181 Å². The summed E-state index contributed by atoms with van der Waals surface area (Å²) in [5, 5.41) is 0. The van der Waals surface area contributed by atoms with E-state index in [9.17, 15) is 19.0 Å². The van der Waals surface area contributed by atoms with E-state index in [-0.39, 0.29) is 32.6 Å². The molecule has 0 aromatic carbocycles. The molecule has 0 saturated carbocycles. The summed E-state index contributed by atoms with van der Waals surface area (Å²) in [4.78, 5) is 34.8. The van der Waals surface area contributed by atoms with Gasteiger partial charge in [-0.25, -0.2) is 4.57 Å². The number of ether oxygens (including phenoxy) is 2. The maximum atomic E-state index is 12.5. The topological polar surface area (TPSA) is 134 Å². The molecule has 0 aromatic heterocycles. The number of unbranched alkanes of at least 4 members (excludes halogenated alkanes) is 19. The van der Waals surface area contributed by atoms with Crippen LogP contribution in [0.2, 0.25) is 0 Å². The van der Waals surface area contributed by atoms with Crippen LogP contribution in [0.25, 0.3) is 0 Å². The van der Waals surface area contributed by atoms with Gasteiger partial charge in [0.15, 0.2) is 6.10 Å². The van der Waals surface area contributed by atoms with E-state index < -0.39 is 32.5 Å². The van der Waals surface area contributed by atoms with Gasteiger partial charge in [-0.3, -0.25) is 18.6 Å². The zero-order chi connectivity index (χ0) is 37.5. The largest absolute Gasteiger partial charge is 0.472 e. The predicted molar refractivity (Wildman–Crippen MR) is 210 cm³/mol. The van der Waals surface area contributed by atoms with Gasteiger partial charge in [-0.15, -0.1) is 0 Å². The lowest BCUT2D eigenvalue weighted by atomic mass is 10.1. The summed E-state index contributed by atoms with van der Waals surface area (Å²) >= 11 is 0. The van der Waals surface area contributed by atoms with E-state index in [1.165, 1.54) is 70.6 Å². The monoisotopic (exact) mass is 742 g/mol. The molecule has 0 spiro atoms. The Kier molecular flexibility index (Phi) is 36.7. The fourth-order valence-electron chi connectivity index (χ4n) is 5.42. The third-order valence-electron chi connectivity index (χ3n) is 8.50. The Balaban J connectivity index is 4.23. The van der Waals surface area contributed by atoms with Gasteiger partial charge in [-0.2, -0.15) is 0 Å². The molecule has 9 nitrogen and oxygen atoms in total. The average molecular weight is 742 g/mol. The second-order valence-corrected chi connectivity index (χ2v) is 14.9. The molecule has 0 bridgehead atoms. The average Bonchev–Trinajstić information content (AvgIpc) is 3.11. The molecule has 0 fully saturated rings. The van der Waals surface area contributed by atoms with Gasteiger partial charge in [-0.05, 0) is 70.6 Å². The van der Waals surface area contributed by atoms with Gasteiger partial charge >= 0.3 is 19.8 Å². The molecule has 0 aliphatic rings. The molecule has 51 heavy (non-hydrogen) atoms. The van der Waals surface area contributed by atoms with E-state index >= 15 is 0 Å². The summed E-state index contributed by atoms with van der Waals surface area (Å²) < 4.78 is 32.7. The van der Waals surface area contributed by atoms with Crippen LogP contribution < -0.4 is 5.73 Å². The number of nitrogens with two attached hydrogens (primary N) is 1. The summed E-state index contributed by atoms with van der Waals surface area (Å²) in [6.45, 7) is 3.67. The molecule has 0 aliphatic heterocycles. The van der Waals surface area contributed by atoms with Crippen LogP contribution >= 0.6 is 7.82 Å². The van der Waals surface area contributed by atoms with Gasteiger partial charge in [0.25, 0.3) is 0 Å². The van der Waals surface area contributed by atoms with Crippen molar-refractivity contribution in [2.75, 3.05) is 26.4 Å². The SMILES string of the molecule is CCCCC/C=C\C/C=C\CCCCCCCC(=O)O[C@@H](COC(=O)CCCCCCC/C=C\CCCCCCCC)COP(=O)(O)OCCN. The Labute approximate surface area is 312 Å². The number of phosphoric acid groups is 1. The first-order valence-corrected chi connectivity index (χ1v) is 22.0. The fourth-order valence-corrected chi connectivity index (χ4v) is 6.19. The summed E-state index contributed by atoms with van der Waals surface area (Å²) in [5.74, 6) is -0.854. The summed E-state index contributed by atoms with van der Waals surface area (Å²) in [6, 6.07) is 0. The number of carbonyl (C=O) groups is 2. The molecule has 298 valence electrons. The van der Waals surface area contributed by atoms with E-state index in [4.69, 9.17) is 24.3 Å². The van der Waals surface area contributed by atoms with Crippen LogP contribution in [-0.2, 0) is 32.7 Å². The second-order valence-electron chi connectivity index (χ2n) is 13.5. The molecule has 2 atom stereocenters. The number of hydrogen-bond donors (Lipinski definition) is 2. The Bertz CT molecular complexity index is 939. The first kappa shape index (κ1) is 49.2. The summed E-state index contributed by atoms with van der Waals surface area (Å²) in [7, 11) is -4.38. The van der Waals surface area contributed by atoms with E-state index in [2.05, 4.69) is 50.3 Å². The molecular formula is C41H76NO8P. The number of esters is 2. The number of phosphoric ester groups is 1. The highest BCUT2D eigenvalue weighted by molar-refractivity contribution is 7.47.